The highest BCUT2D eigenvalue weighted by Gasteiger charge is 2.46. The van der Waals surface area contributed by atoms with Crippen LogP contribution in [-0.2, 0) is 0 Å². The fourth-order valence-corrected chi connectivity index (χ4v) is 5.01. The molecule has 0 bridgehead atoms. The number of rotatable bonds is 2. The fraction of sp³-hybridized carbons (Fsp3) is 0.500. The Kier molecular flexibility index (Phi) is 4.06. The molecule has 1 aliphatic carbocycles. The number of H-pyrrole nitrogens is 1. The van der Waals surface area contributed by atoms with Crippen LogP contribution in [0.5, 0.6) is 0 Å². The molecule has 1 saturated heterocycles. The highest BCUT2D eigenvalue weighted by atomic mass is 15.2. The van der Waals surface area contributed by atoms with Gasteiger partial charge in [-0.1, -0.05) is 0 Å². The minimum Gasteiger partial charge on any atom is -0.384 e. The zero-order chi connectivity index (χ0) is 19.3. The van der Waals surface area contributed by atoms with Crippen molar-refractivity contribution in [3.8, 4) is 11.3 Å². The van der Waals surface area contributed by atoms with Crippen LogP contribution in [0, 0.1) is 12.3 Å². The SMILES string of the molecule is Cc1cnc(N)cc1-c1[nH]nc2nc(C3CC(N)C4(CCNCC4)C3)cnc12. The number of pyridine rings is 1. The van der Waals surface area contributed by atoms with E-state index in [1.807, 2.05) is 19.2 Å². The molecule has 8 heteroatoms. The number of fused-ring (bicyclic) bond motifs is 1. The Morgan fingerprint density at radius 2 is 2.00 bits per heavy atom. The van der Waals surface area contributed by atoms with Gasteiger partial charge in [0.1, 0.15) is 11.3 Å². The zero-order valence-corrected chi connectivity index (χ0v) is 16.1. The molecule has 8 nitrogen and oxygen atoms in total. The van der Waals surface area contributed by atoms with E-state index < -0.39 is 0 Å². The van der Waals surface area contributed by atoms with Gasteiger partial charge in [-0.25, -0.2) is 15.0 Å². The fourth-order valence-electron chi connectivity index (χ4n) is 5.01. The summed E-state index contributed by atoms with van der Waals surface area (Å²) in [5.41, 5.74) is 17.9. The van der Waals surface area contributed by atoms with E-state index in [4.69, 9.17) is 21.4 Å². The molecule has 0 amide bonds. The van der Waals surface area contributed by atoms with Crippen LogP contribution >= 0.6 is 0 Å². The summed E-state index contributed by atoms with van der Waals surface area (Å²) < 4.78 is 0. The first-order chi connectivity index (χ1) is 13.6. The van der Waals surface area contributed by atoms with Crippen LogP contribution in [-0.4, -0.2) is 44.3 Å². The van der Waals surface area contributed by atoms with Gasteiger partial charge in [0.2, 0.25) is 5.65 Å². The van der Waals surface area contributed by atoms with Crippen molar-refractivity contribution < 1.29 is 0 Å². The minimum absolute atomic E-state index is 0.231. The van der Waals surface area contributed by atoms with Crippen molar-refractivity contribution >= 4 is 17.0 Å². The lowest BCUT2D eigenvalue weighted by Gasteiger charge is -2.37. The number of hydrogen-bond acceptors (Lipinski definition) is 7. The molecular formula is C20H26N8. The molecule has 0 aromatic carbocycles. The van der Waals surface area contributed by atoms with Crippen molar-refractivity contribution in [2.45, 2.75) is 44.6 Å². The molecular weight excluding hydrogens is 352 g/mol. The molecule has 6 N–H and O–H groups in total. The Hall–Kier alpha value is -2.58. The molecule has 2 fully saturated rings. The van der Waals surface area contributed by atoms with Crippen LogP contribution in [0.25, 0.3) is 22.4 Å². The summed E-state index contributed by atoms with van der Waals surface area (Å²) in [4.78, 5) is 13.7. The van der Waals surface area contributed by atoms with E-state index in [0.717, 1.165) is 66.8 Å². The van der Waals surface area contributed by atoms with Crippen molar-refractivity contribution in [2.24, 2.45) is 11.1 Å². The number of nitrogens with two attached hydrogens (primary N) is 2. The molecule has 28 heavy (non-hydrogen) atoms. The van der Waals surface area contributed by atoms with E-state index in [1.54, 1.807) is 6.20 Å². The average Bonchev–Trinajstić information content (AvgIpc) is 3.26. The number of anilines is 1. The van der Waals surface area contributed by atoms with Gasteiger partial charge in [0.25, 0.3) is 0 Å². The molecule has 146 valence electrons. The van der Waals surface area contributed by atoms with Crippen molar-refractivity contribution in [1.82, 2.24) is 30.5 Å². The largest absolute Gasteiger partial charge is 0.384 e. The molecule has 2 unspecified atom stereocenters. The highest BCUT2D eigenvalue weighted by molar-refractivity contribution is 5.88. The van der Waals surface area contributed by atoms with Crippen LogP contribution in [0.3, 0.4) is 0 Å². The van der Waals surface area contributed by atoms with Crippen molar-refractivity contribution in [3.05, 3.63) is 29.7 Å². The lowest BCUT2D eigenvalue weighted by Crippen LogP contribution is -2.45. The molecule has 1 saturated carbocycles. The summed E-state index contributed by atoms with van der Waals surface area (Å²) in [5, 5.41) is 11.0. The Balaban J connectivity index is 1.48. The van der Waals surface area contributed by atoms with Crippen molar-refractivity contribution in [2.75, 3.05) is 18.8 Å². The van der Waals surface area contributed by atoms with Crippen molar-refractivity contribution in [3.63, 3.8) is 0 Å². The summed E-state index contributed by atoms with van der Waals surface area (Å²) in [6, 6.07) is 2.07. The number of nitrogens with one attached hydrogen (secondary N) is 2. The number of nitrogens with zero attached hydrogens (tertiary/aromatic N) is 4. The second-order valence-electron chi connectivity index (χ2n) is 8.35. The molecule has 0 radical (unpaired) electrons. The van der Waals surface area contributed by atoms with Gasteiger partial charge in [-0.15, -0.1) is 0 Å². The molecule has 3 aromatic heterocycles. The van der Waals surface area contributed by atoms with Crippen LogP contribution in [0.15, 0.2) is 18.5 Å². The maximum atomic E-state index is 6.58. The summed E-state index contributed by atoms with van der Waals surface area (Å²) in [7, 11) is 0. The zero-order valence-electron chi connectivity index (χ0n) is 16.1. The van der Waals surface area contributed by atoms with Gasteiger partial charge in [-0.3, -0.25) is 5.10 Å². The first-order valence-corrected chi connectivity index (χ1v) is 9.95. The highest BCUT2D eigenvalue weighted by Crippen LogP contribution is 2.50. The van der Waals surface area contributed by atoms with Gasteiger partial charge in [0.15, 0.2) is 0 Å². The number of aryl methyl sites for hydroxylation is 1. The van der Waals surface area contributed by atoms with E-state index in [9.17, 15) is 0 Å². The molecule has 1 aliphatic heterocycles. The monoisotopic (exact) mass is 378 g/mol. The number of piperidine rings is 1. The summed E-state index contributed by atoms with van der Waals surface area (Å²) >= 11 is 0. The van der Waals surface area contributed by atoms with E-state index in [0.29, 0.717) is 17.4 Å². The minimum atomic E-state index is 0.231. The Bertz CT molecular complexity index is 1020. The van der Waals surface area contributed by atoms with Gasteiger partial charge in [0.05, 0.1) is 11.4 Å². The van der Waals surface area contributed by atoms with E-state index in [2.05, 4.69) is 20.5 Å². The smallest absolute Gasteiger partial charge is 0.200 e. The molecule has 2 atom stereocenters. The number of aromatic amines is 1. The van der Waals surface area contributed by atoms with E-state index in [-0.39, 0.29) is 11.5 Å². The topological polar surface area (TPSA) is 131 Å². The summed E-state index contributed by atoms with van der Waals surface area (Å²) in [6.45, 7) is 4.11. The lowest BCUT2D eigenvalue weighted by molar-refractivity contribution is 0.181. The Labute approximate surface area is 163 Å². The normalized spacial score (nSPS) is 24.2. The number of hydrogen-bond donors (Lipinski definition) is 4. The molecule has 5 rings (SSSR count). The Morgan fingerprint density at radius 3 is 2.82 bits per heavy atom. The maximum absolute atomic E-state index is 6.58. The van der Waals surface area contributed by atoms with Gasteiger partial charge in [0, 0.05) is 29.9 Å². The van der Waals surface area contributed by atoms with Crippen LogP contribution in [0.1, 0.15) is 42.9 Å². The Morgan fingerprint density at radius 1 is 1.18 bits per heavy atom. The number of aromatic nitrogens is 5. The van der Waals surface area contributed by atoms with Crippen LogP contribution < -0.4 is 16.8 Å². The van der Waals surface area contributed by atoms with Gasteiger partial charge >= 0.3 is 0 Å². The van der Waals surface area contributed by atoms with Gasteiger partial charge < -0.3 is 16.8 Å². The third-order valence-corrected chi connectivity index (χ3v) is 6.67. The molecule has 3 aromatic rings. The standard InChI is InChI=1S/C20H26N8/c1-11-9-24-16(22)7-13(11)17-18-19(28-27-17)26-14(10-25-18)12-6-15(21)20(8-12)2-4-23-5-3-20/h7,9-10,12,15,23H,2-6,8,21H2,1H3,(H2,22,24)(H,26,27,28). The average molecular weight is 378 g/mol. The summed E-state index contributed by atoms with van der Waals surface area (Å²) in [6.07, 6.45) is 8.02. The molecule has 4 heterocycles. The third-order valence-electron chi connectivity index (χ3n) is 6.67. The van der Waals surface area contributed by atoms with Gasteiger partial charge in [-0.2, -0.15) is 5.10 Å². The summed E-state index contributed by atoms with van der Waals surface area (Å²) in [5.74, 6) is 0.823. The first-order valence-electron chi connectivity index (χ1n) is 9.95. The lowest BCUT2D eigenvalue weighted by atomic mass is 9.74. The second-order valence-corrected chi connectivity index (χ2v) is 8.35. The molecule has 1 spiro atoms. The number of nitrogen functional groups attached to an aromatic ring is 1. The van der Waals surface area contributed by atoms with E-state index >= 15 is 0 Å². The van der Waals surface area contributed by atoms with Crippen LogP contribution in [0.4, 0.5) is 5.82 Å². The first kappa shape index (κ1) is 17.5. The second kappa shape index (κ2) is 6.49. The van der Waals surface area contributed by atoms with Crippen molar-refractivity contribution in [1.29, 1.82) is 0 Å². The van der Waals surface area contributed by atoms with Gasteiger partial charge in [-0.05, 0) is 62.7 Å². The third kappa shape index (κ3) is 2.75. The van der Waals surface area contributed by atoms with Crippen LogP contribution in [0.2, 0.25) is 0 Å². The predicted molar refractivity (Wildman–Crippen MR) is 109 cm³/mol. The predicted octanol–water partition coefficient (Wildman–Crippen LogP) is 1.88. The van der Waals surface area contributed by atoms with E-state index in [1.165, 1.54) is 0 Å². The quantitative estimate of drug-likeness (QED) is 0.535. The maximum Gasteiger partial charge on any atom is 0.200 e. The molecule has 2 aliphatic rings.